The van der Waals surface area contributed by atoms with Crippen LogP contribution in [0.5, 0.6) is 0 Å². The van der Waals surface area contributed by atoms with Gasteiger partial charge in [0.25, 0.3) is 0 Å². The molecule has 1 aliphatic heterocycles. The van der Waals surface area contributed by atoms with Gasteiger partial charge in [-0.3, -0.25) is 4.98 Å². The number of thioether (sulfide) groups is 2. The smallest absolute Gasteiger partial charge is 0.0722 e. The van der Waals surface area contributed by atoms with Crippen LogP contribution in [0.15, 0.2) is 24.4 Å². The predicted octanol–water partition coefficient (Wildman–Crippen LogP) is 2.61. The van der Waals surface area contributed by atoms with Crippen molar-refractivity contribution in [1.29, 1.82) is 0 Å². The Hall–Kier alpha value is -0.190. The summed E-state index contributed by atoms with van der Waals surface area (Å²) in [4.78, 5) is 4.27. The van der Waals surface area contributed by atoms with E-state index in [0.29, 0.717) is 22.2 Å². The van der Waals surface area contributed by atoms with Crippen molar-refractivity contribution in [3.8, 4) is 0 Å². The first kappa shape index (κ1) is 13.2. The van der Waals surface area contributed by atoms with Crippen LogP contribution >= 0.6 is 23.5 Å². The molecular formula is C13H19NOS2. The molecule has 0 radical (unpaired) electrons. The topological polar surface area (TPSA) is 33.1 Å². The van der Waals surface area contributed by atoms with Crippen molar-refractivity contribution in [3.63, 3.8) is 0 Å². The monoisotopic (exact) mass is 269 g/mol. The number of aliphatic hydroxyl groups excluding tert-OH is 1. The summed E-state index contributed by atoms with van der Waals surface area (Å²) in [5.41, 5.74) is 0.983. The molecule has 0 aliphatic carbocycles. The maximum absolute atomic E-state index is 10.3. The lowest BCUT2D eigenvalue weighted by molar-refractivity contribution is 0.176. The molecule has 1 saturated heterocycles. The highest BCUT2D eigenvalue weighted by molar-refractivity contribution is 8.07. The Morgan fingerprint density at radius 3 is 2.88 bits per heavy atom. The van der Waals surface area contributed by atoms with Crippen LogP contribution in [0, 0.1) is 0 Å². The van der Waals surface area contributed by atoms with Crippen molar-refractivity contribution >= 4 is 23.5 Å². The van der Waals surface area contributed by atoms with E-state index in [1.807, 2.05) is 41.7 Å². The van der Waals surface area contributed by atoms with Gasteiger partial charge < -0.3 is 5.11 Å². The van der Waals surface area contributed by atoms with Crippen molar-refractivity contribution in [2.45, 2.75) is 42.1 Å². The summed E-state index contributed by atoms with van der Waals surface area (Å²) in [5, 5.41) is 11.9. The molecule has 1 fully saturated rings. The Morgan fingerprint density at radius 2 is 2.24 bits per heavy atom. The minimum atomic E-state index is -0.280. The summed E-state index contributed by atoms with van der Waals surface area (Å²) in [6.45, 7) is 4.52. The molecule has 4 unspecified atom stereocenters. The number of rotatable bonds is 3. The Balaban J connectivity index is 1.90. The van der Waals surface area contributed by atoms with E-state index in [1.54, 1.807) is 6.20 Å². The molecule has 4 atom stereocenters. The summed E-state index contributed by atoms with van der Waals surface area (Å²) in [7, 11) is 0. The first-order valence-corrected chi connectivity index (χ1v) is 8.01. The number of hydrogen-bond acceptors (Lipinski definition) is 4. The third-order valence-corrected chi connectivity index (χ3v) is 6.68. The zero-order valence-corrected chi connectivity index (χ0v) is 11.9. The Bertz CT molecular complexity index is 347. The highest BCUT2D eigenvalue weighted by Crippen LogP contribution is 2.37. The number of nitrogens with zero attached hydrogens (tertiary/aromatic N) is 1. The molecule has 17 heavy (non-hydrogen) atoms. The lowest BCUT2D eigenvalue weighted by Crippen LogP contribution is -2.35. The number of aromatic nitrogens is 1. The molecule has 0 bridgehead atoms. The summed E-state index contributed by atoms with van der Waals surface area (Å²) in [5.74, 6) is 1.05. The van der Waals surface area contributed by atoms with Crippen LogP contribution in [-0.2, 0) is 6.42 Å². The lowest BCUT2D eigenvalue weighted by Gasteiger charge is -2.33. The van der Waals surface area contributed by atoms with Gasteiger partial charge in [0.1, 0.15) is 0 Å². The molecule has 2 heterocycles. The summed E-state index contributed by atoms with van der Waals surface area (Å²) < 4.78 is 0. The highest BCUT2D eigenvalue weighted by Gasteiger charge is 2.30. The van der Waals surface area contributed by atoms with Gasteiger partial charge in [0.05, 0.1) is 6.10 Å². The second-order valence-electron chi connectivity index (χ2n) is 4.51. The SMILES string of the molecule is CC1SCC(C(O)Cc2ccccn2)SC1C. The molecule has 0 saturated carbocycles. The first-order valence-electron chi connectivity index (χ1n) is 6.02. The molecule has 1 aromatic rings. The van der Waals surface area contributed by atoms with Gasteiger partial charge in [-0.2, -0.15) is 23.5 Å². The summed E-state index contributed by atoms with van der Waals surface area (Å²) in [6.07, 6.45) is 2.17. The van der Waals surface area contributed by atoms with Crippen molar-refractivity contribution in [2.24, 2.45) is 0 Å². The van der Waals surface area contributed by atoms with Crippen molar-refractivity contribution in [3.05, 3.63) is 30.1 Å². The third-order valence-electron chi connectivity index (χ3n) is 3.15. The van der Waals surface area contributed by atoms with E-state index in [0.717, 1.165) is 11.4 Å². The maximum atomic E-state index is 10.3. The Morgan fingerprint density at radius 1 is 1.41 bits per heavy atom. The highest BCUT2D eigenvalue weighted by atomic mass is 32.2. The molecule has 2 rings (SSSR count). The second kappa shape index (κ2) is 6.12. The van der Waals surface area contributed by atoms with Gasteiger partial charge in [-0.15, -0.1) is 0 Å². The number of hydrogen-bond donors (Lipinski definition) is 1. The fraction of sp³-hybridized carbons (Fsp3) is 0.615. The predicted molar refractivity (Wildman–Crippen MR) is 76.7 cm³/mol. The number of aliphatic hydroxyl groups is 1. The van der Waals surface area contributed by atoms with Crippen molar-refractivity contribution < 1.29 is 5.11 Å². The van der Waals surface area contributed by atoms with E-state index in [9.17, 15) is 5.11 Å². The lowest BCUT2D eigenvalue weighted by atomic mass is 10.1. The van der Waals surface area contributed by atoms with E-state index in [2.05, 4.69) is 18.8 Å². The zero-order valence-electron chi connectivity index (χ0n) is 10.2. The van der Waals surface area contributed by atoms with Gasteiger partial charge in [0, 0.05) is 39.8 Å². The minimum Gasteiger partial charge on any atom is -0.392 e. The van der Waals surface area contributed by atoms with E-state index in [1.165, 1.54) is 0 Å². The van der Waals surface area contributed by atoms with Crippen LogP contribution in [-0.4, -0.2) is 37.7 Å². The molecule has 0 aromatic carbocycles. The first-order chi connectivity index (χ1) is 8.16. The van der Waals surface area contributed by atoms with Crippen LogP contribution in [0.2, 0.25) is 0 Å². The number of pyridine rings is 1. The molecule has 94 valence electrons. The van der Waals surface area contributed by atoms with Crippen molar-refractivity contribution in [2.75, 3.05) is 5.75 Å². The van der Waals surface area contributed by atoms with E-state index < -0.39 is 0 Å². The minimum absolute atomic E-state index is 0.280. The molecule has 2 nitrogen and oxygen atoms in total. The van der Waals surface area contributed by atoms with Gasteiger partial charge in [-0.25, -0.2) is 0 Å². The average molecular weight is 269 g/mol. The Kier molecular flexibility index (Phi) is 4.77. The quantitative estimate of drug-likeness (QED) is 0.914. The van der Waals surface area contributed by atoms with Gasteiger partial charge >= 0.3 is 0 Å². The van der Waals surface area contributed by atoms with Crippen LogP contribution in [0.25, 0.3) is 0 Å². The van der Waals surface area contributed by atoms with Crippen molar-refractivity contribution in [1.82, 2.24) is 4.98 Å². The van der Waals surface area contributed by atoms with E-state index in [4.69, 9.17) is 0 Å². The van der Waals surface area contributed by atoms with Gasteiger partial charge in [0.15, 0.2) is 0 Å². The van der Waals surface area contributed by atoms with Gasteiger partial charge in [-0.1, -0.05) is 19.9 Å². The van der Waals surface area contributed by atoms with E-state index in [-0.39, 0.29) is 6.10 Å². The van der Waals surface area contributed by atoms with Crippen LogP contribution in [0.4, 0.5) is 0 Å². The molecule has 0 spiro atoms. The van der Waals surface area contributed by atoms with Crippen LogP contribution in [0.1, 0.15) is 19.5 Å². The molecule has 1 N–H and O–H groups in total. The second-order valence-corrected chi connectivity index (χ2v) is 7.54. The van der Waals surface area contributed by atoms with Crippen LogP contribution < -0.4 is 0 Å². The normalized spacial score (nSPS) is 31.1. The van der Waals surface area contributed by atoms with Gasteiger partial charge in [-0.05, 0) is 12.1 Å². The van der Waals surface area contributed by atoms with Gasteiger partial charge in [0.2, 0.25) is 0 Å². The molecule has 1 aromatic heterocycles. The Labute approximate surface area is 112 Å². The average Bonchev–Trinajstić information content (AvgIpc) is 2.34. The molecule has 0 amide bonds. The third kappa shape index (κ3) is 3.63. The summed E-state index contributed by atoms with van der Waals surface area (Å²) >= 11 is 3.90. The maximum Gasteiger partial charge on any atom is 0.0722 e. The molecule has 4 heteroatoms. The molecule has 1 aliphatic rings. The largest absolute Gasteiger partial charge is 0.392 e. The van der Waals surface area contributed by atoms with Crippen LogP contribution in [0.3, 0.4) is 0 Å². The fourth-order valence-corrected chi connectivity index (χ4v) is 4.89. The fourth-order valence-electron chi connectivity index (χ4n) is 1.87. The molecular weight excluding hydrogens is 250 g/mol. The standard InChI is InChI=1S/C13H19NOS2/c1-9-10(2)17-13(8-16-9)12(15)7-11-5-3-4-6-14-11/h3-6,9-10,12-13,15H,7-8H2,1-2H3. The van der Waals surface area contributed by atoms with E-state index >= 15 is 0 Å². The zero-order chi connectivity index (χ0) is 12.3. The summed E-state index contributed by atoms with van der Waals surface area (Å²) in [6, 6.07) is 5.86.